The summed E-state index contributed by atoms with van der Waals surface area (Å²) in [6.45, 7) is 6.27. The first kappa shape index (κ1) is 21.9. The number of benzene rings is 2. The Labute approximate surface area is 179 Å². The molecular weight excluding hydrogens is 376 g/mol. The molecule has 2 aromatic rings. The second kappa shape index (κ2) is 10.8. The van der Waals surface area contributed by atoms with Gasteiger partial charge in [0.15, 0.2) is 0 Å². The van der Waals surface area contributed by atoms with Gasteiger partial charge in [0.2, 0.25) is 11.8 Å². The van der Waals surface area contributed by atoms with Crippen LogP contribution in [0.4, 0.5) is 0 Å². The molecule has 1 heterocycles. The first-order valence-corrected chi connectivity index (χ1v) is 10.8. The molecule has 2 aromatic carbocycles. The highest BCUT2D eigenvalue weighted by atomic mass is 16.5. The molecule has 0 bridgehead atoms. The number of hydrogen-bond donors (Lipinski definition) is 0. The summed E-state index contributed by atoms with van der Waals surface area (Å²) in [5.41, 5.74) is 1.13. The van der Waals surface area contributed by atoms with Gasteiger partial charge in [0, 0.05) is 25.7 Å². The zero-order chi connectivity index (χ0) is 21.3. The molecule has 1 aliphatic rings. The maximum absolute atomic E-state index is 13.3. The van der Waals surface area contributed by atoms with Crippen LogP contribution in [0.25, 0.3) is 0 Å². The standard InChI is InChI=1S/C25H32N2O3/c1-20(2)27(18-21-10-5-3-6-11-21)25(29)22-12-9-16-26(19-22)24(28)15-17-30-23-13-7-4-8-14-23/h3-8,10-11,13-14,20,22H,9,12,15-19H2,1-2H3. The van der Waals surface area contributed by atoms with Crippen LogP contribution in [0.2, 0.25) is 0 Å². The summed E-state index contributed by atoms with van der Waals surface area (Å²) in [6, 6.07) is 19.7. The number of hydrogen-bond acceptors (Lipinski definition) is 3. The Hall–Kier alpha value is -2.82. The Bertz CT molecular complexity index is 808. The normalized spacial score (nSPS) is 16.4. The van der Waals surface area contributed by atoms with Crippen LogP contribution in [-0.4, -0.2) is 47.4 Å². The quantitative estimate of drug-likeness (QED) is 0.660. The Morgan fingerprint density at radius 2 is 1.73 bits per heavy atom. The highest BCUT2D eigenvalue weighted by Gasteiger charge is 2.32. The highest BCUT2D eigenvalue weighted by molar-refractivity contribution is 5.81. The molecule has 0 radical (unpaired) electrons. The van der Waals surface area contributed by atoms with Gasteiger partial charge in [0.05, 0.1) is 18.9 Å². The molecule has 160 valence electrons. The van der Waals surface area contributed by atoms with Crippen LogP contribution >= 0.6 is 0 Å². The third-order valence-corrected chi connectivity index (χ3v) is 5.55. The number of rotatable bonds is 8. The zero-order valence-electron chi connectivity index (χ0n) is 18.0. The van der Waals surface area contributed by atoms with E-state index in [1.165, 1.54) is 0 Å². The number of para-hydroxylation sites is 1. The third kappa shape index (κ3) is 6.09. The fourth-order valence-corrected chi connectivity index (χ4v) is 3.87. The van der Waals surface area contributed by atoms with Gasteiger partial charge in [-0.25, -0.2) is 0 Å². The molecule has 1 saturated heterocycles. The summed E-state index contributed by atoms with van der Waals surface area (Å²) in [7, 11) is 0. The fraction of sp³-hybridized carbons (Fsp3) is 0.440. The highest BCUT2D eigenvalue weighted by Crippen LogP contribution is 2.22. The molecular formula is C25H32N2O3. The van der Waals surface area contributed by atoms with Crippen molar-refractivity contribution in [1.29, 1.82) is 0 Å². The van der Waals surface area contributed by atoms with Crippen LogP contribution in [0.5, 0.6) is 5.75 Å². The van der Waals surface area contributed by atoms with Gasteiger partial charge in [0.1, 0.15) is 5.75 Å². The summed E-state index contributed by atoms with van der Waals surface area (Å²) in [5.74, 6) is 0.837. The molecule has 30 heavy (non-hydrogen) atoms. The molecule has 0 N–H and O–H groups in total. The molecule has 5 nitrogen and oxygen atoms in total. The smallest absolute Gasteiger partial charge is 0.228 e. The summed E-state index contributed by atoms with van der Waals surface area (Å²) in [5, 5.41) is 0. The molecule has 1 unspecified atom stereocenters. The van der Waals surface area contributed by atoms with Gasteiger partial charge in [0.25, 0.3) is 0 Å². The van der Waals surface area contributed by atoms with E-state index >= 15 is 0 Å². The summed E-state index contributed by atoms with van der Waals surface area (Å²) in [6.07, 6.45) is 2.02. The molecule has 1 fully saturated rings. The number of likely N-dealkylation sites (tertiary alicyclic amines) is 1. The van der Waals surface area contributed by atoms with E-state index in [-0.39, 0.29) is 23.8 Å². The van der Waals surface area contributed by atoms with Gasteiger partial charge in [-0.1, -0.05) is 48.5 Å². The van der Waals surface area contributed by atoms with Crippen molar-refractivity contribution in [2.45, 2.75) is 45.7 Å². The van der Waals surface area contributed by atoms with Gasteiger partial charge >= 0.3 is 0 Å². The van der Waals surface area contributed by atoms with Crippen molar-refractivity contribution in [2.24, 2.45) is 5.92 Å². The van der Waals surface area contributed by atoms with E-state index in [1.807, 2.05) is 84.3 Å². The topological polar surface area (TPSA) is 49.9 Å². The van der Waals surface area contributed by atoms with E-state index in [1.54, 1.807) is 0 Å². The maximum Gasteiger partial charge on any atom is 0.228 e. The monoisotopic (exact) mass is 408 g/mol. The predicted octanol–water partition coefficient (Wildman–Crippen LogP) is 4.13. The molecule has 0 aliphatic carbocycles. The van der Waals surface area contributed by atoms with Crippen LogP contribution in [0.1, 0.15) is 38.7 Å². The van der Waals surface area contributed by atoms with Crippen LogP contribution < -0.4 is 4.74 Å². The van der Waals surface area contributed by atoms with E-state index in [4.69, 9.17) is 4.74 Å². The molecule has 3 rings (SSSR count). The van der Waals surface area contributed by atoms with Gasteiger partial charge in [-0.3, -0.25) is 9.59 Å². The largest absolute Gasteiger partial charge is 0.493 e. The van der Waals surface area contributed by atoms with Crippen molar-refractivity contribution < 1.29 is 14.3 Å². The summed E-state index contributed by atoms with van der Waals surface area (Å²) < 4.78 is 5.66. The zero-order valence-corrected chi connectivity index (χ0v) is 18.0. The minimum absolute atomic E-state index is 0.0580. The van der Waals surface area contributed by atoms with Crippen molar-refractivity contribution >= 4 is 11.8 Å². The van der Waals surface area contributed by atoms with Crippen molar-refractivity contribution in [1.82, 2.24) is 9.80 Å². The van der Waals surface area contributed by atoms with Gasteiger partial charge in [-0.05, 0) is 44.4 Å². The van der Waals surface area contributed by atoms with Crippen LogP contribution in [0.15, 0.2) is 60.7 Å². The fourth-order valence-electron chi connectivity index (χ4n) is 3.87. The maximum atomic E-state index is 13.3. The lowest BCUT2D eigenvalue weighted by molar-refractivity contribution is -0.142. The van der Waals surface area contributed by atoms with Crippen LogP contribution in [0, 0.1) is 5.92 Å². The van der Waals surface area contributed by atoms with Crippen molar-refractivity contribution in [3.05, 3.63) is 66.2 Å². The average molecular weight is 409 g/mol. The minimum Gasteiger partial charge on any atom is -0.493 e. The van der Waals surface area contributed by atoms with E-state index in [0.717, 1.165) is 24.2 Å². The number of piperidine rings is 1. The summed E-state index contributed by atoms with van der Waals surface area (Å²) >= 11 is 0. The second-order valence-corrected chi connectivity index (χ2v) is 8.14. The van der Waals surface area contributed by atoms with Crippen LogP contribution in [-0.2, 0) is 16.1 Å². The third-order valence-electron chi connectivity index (χ3n) is 5.55. The molecule has 5 heteroatoms. The van der Waals surface area contributed by atoms with E-state index in [2.05, 4.69) is 0 Å². The van der Waals surface area contributed by atoms with Crippen molar-refractivity contribution in [3.8, 4) is 5.75 Å². The lowest BCUT2D eigenvalue weighted by atomic mass is 9.95. The molecule has 0 spiro atoms. The number of carbonyl (C=O) groups excluding carboxylic acids is 2. The van der Waals surface area contributed by atoms with E-state index < -0.39 is 0 Å². The molecule has 2 amide bonds. The molecule has 0 saturated carbocycles. The second-order valence-electron chi connectivity index (χ2n) is 8.14. The van der Waals surface area contributed by atoms with Crippen molar-refractivity contribution in [3.63, 3.8) is 0 Å². The SMILES string of the molecule is CC(C)N(Cc1ccccc1)C(=O)C1CCCN(C(=O)CCOc2ccccc2)C1. The van der Waals surface area contributed by atoms with E-state index in [9.17, 15) is 9.59 Å². The first-order chi connectivity index (χ1) is 14.5. The number of ether oxygens (including phenoxy) is 1. The molecule has 0 aromatic heterocycles. The Balaban J connectivity index is 1.54. The first-order valence-electron chi connectivity index (χ1n) is 10.8. The summed E-state index contributed by atoms with van der Waals surface area (Å²) in [4.78, 5) is 29.7. The minimum atomic E-state index is -0.135. The van der Waals surface area contributed by atoms with Gasteiger partial charge in [-0.2, -0.15) is 0 Å². The lowest BCUT2D eigenvalue weighted by Gasteiger charge is -2.36. The Kier molecular flexibility index (Phi) is 7.89. The van der Waals surface area contributed by atoms with E-state index in [0.29, 0.717) is 32.7 Å². The van der Waals surface area contributed by atoms with Gasteiger partial charge in [-0.15, -0.1) is 0 Å². The molecule has 1 aliphatic heterocycles. The number of amides is 2. The number of carbonyl (C=O) groups is 2. The Morgan fingerprint density at radius 1 is 1.07 bits per heavy atom. The van der Waals surface area contributed by atoms with Gasteiger partial charge < -0.3 is 14.5 Å². The van der Waals surface area contributed by atoms with Crippen LogP contribution in [0.3, 0.4) is 0 Å². The lowest BCUT2D eigenvalue weighted by Crippen LogP contribution is -2.48. The number of nitrogens with zero attached hydrogens (tertiary/aromatic N) is 2. The average Bonchev–Trinajstić information content (AvgIpc) is 2.78. The molecule has 1 atom stereocenters. The predicted molar refractivity (Wildman–Crippen MR) is 118 cm³/mol. The Morgan fingerprint density at radius 3 is 2.40 bits per heavy atom. The van der Waals surface area contributed by atoms with Crippen molar-refractivity contribution in [2.75, 3.05) is 19.7 Å².